The summed E-state index contributed by atoms with van der Waals surface area (Å²) in [5.41, 5.74) is 9.61. The van der Waals surface area contributed by atoms with Crippen molar-refractivity contribution in [3.63, 3.8) is 0 Å². The second-order valence-corrected chi connectivity index (χ2v) is 9.34. The van der Waals surface area contributed by atoms with Crippen LogP contribution in [0, 0.1) is 18.3 Å². The van der Waals surface area contributed by atoms with E-state index in [4.69, 9.17) is 16.9 Å². The van der Waals surface area contributed by atoms with Crippen molar-refractivity contribution < 1.29 is 4.74 Å². The molecule has 33 heavy (non-hydrogen) atoms. The zero-order chi connectivity index (χ0) is 24.6. The Morgan fingerprint density at radius 1 is 1.39 bits per heavy atom. The van der Waals surface area contributed by atoms with Gasteiger partial charge in [0, 0.05) is 28.5 Å². The lowest BCUT2D eigenvalue weighted by atomic mass is 10.0. The molecule has 1 fully saturated rings. The molecule has 0 aromatic heterocycles. The normalized spacial score (nSPS) is 27.8. The van der Waals surface area contributed by atoms with Gasteiger partial charge in [0.1, 0.15) is 6.10 Å². The maximum Gasteiger partial charge on any atom is 0.109 e. The third-order valence-corrected chi connectivity index (χ3v) is 6.49. The van der Waals surface area contributed by atoms with Gasteiger partial charge in [-0.3, -0.25) is 4.99 Å². The number of ether oxygens (including phenoxy) is 1. The minimum Gasteiger partial charge on any atom is -0.366 e. The molecule has 180 valence electrons. The molecule has 4 heteroatoms. The van der Waals surface area contributed by atoms with Gasteiger partial charge >= 0.3 is 0 Å². The number of allylic oxidation sites excluding steroid dienone is 7. The van der Waals surface area contributed by atoms with Gasteiger partial charge in [0.2, 0.25) is 0 Å². The second kappa shape index (κ2) is 16.5. The van der Waals surface area contributed by atoms with Crippen molar-refractivity contribution in [3.05, 3.63) is 70.4 Å². The van der Waals surface area contributed by atoms with Gasteiger partial charge in [-0.05, 0) is 63.8 Å². The monoisotopic (exact) mass is 466 g/mol. The number of nitrogens with two attached hydrogens (primary N) is 1. The van der Waals surface area contributed by atoms with Gasteiger partial charge in [0.25, 0.3) is 0 Å². The summed E-state index contributed by atoms with van der Waals surface area (Å²) in [7, 11) is 0. The highest BCUT2D eigenvalue weighted by atomic mass is 32.2. The summed E-state index contributed by atoms with van der Waals surface area (Å²) in [6.45, 7) is 13.9. The van der Waals surface area contributed by atoms with Gasteiger partial charge in [-0.15, -0.1) is 18.2 Å². The quantitative estimate of drug-likeness (QED) is 0.223. The molecule has 0 saturated heterocycles. The van der Waals surface area contributed by atoms with E-state index in [1.54, 1.807) is 11.8 Å². The minimum absolute atomic E-state index is 0.115. The summed E-state index contributed by atoms with van der Waals surface area (Å²) in [4.78, 5) is 5.15. The molecule has 2 rings (SSSR count). The second-order valence-electron chi connectivity index (χ2n) is 8.24. The standard InChI is InChI=1S/C27H36N2OS.C2H6/c1-6-23-17-22(11-7-10-14-27(23)30-20(2)3)19-31-24(18-29-5)12-8-9-13-25-21(4)15-16-26(25)28;1-2/h1,8-11,13-14,17-18,20-21,26-27H,5,7,12,15-16,19,28H2,2-4H3;1-2H3/b9-8-,14-10?,22-11+,23-17-,24-18-,25-13+;/t21?,26-,27?;/m0./s1. The van der Waals surface area contributed by atoms with Crippen LogP contribution in [0.15, 0.2) is 75.3 Å². The van der Waals surface area contributed by atoms with Crippen LogP contribution >= 0.6 is 11.8 Å². The third-order valence-electron chi connectivity index (χ3n) is 5.37. The molecule has 3 nitrogen and oxygen atoms in total. The smallest absolute Gasteiger partial charge is 0.109 e. The third kappa shape index (κ3) is 10.6. The maximum absolute atomic E-state index is 6.19. The first-order valence-corrected chi connectivity index (χ1v) is 13.0. The van der Waals surface area contributed by atoms with Gasteiger partial charge in [-0.25, -0.2) is 0 Å². The zero-order valence-electron chi connectivity index (χ0n) is 21.1. The fraction of sp³-hybridized carbons (Fsp3) is 0.483. The van der Waals surface area contributed by atoms with Crippen LogP contribution in [0.2, 0.25) is 0 Å². The average molecular weight is 467 g/mol. The summed E-state index contributed by atoms with van der Waals surface area (Å²) in [6.07, 6.45) is 26.5. The Morgan fingerprint density at radius 3 is 2.76 bits per heavy atom. The van der Waals surface area contributed by atoms with Gasteiger partial charge in [0.05, 0.1) is 6.10 Å². The summed E-state index contributed by atoms with van der Waals surface area (Å²) >= 11 is 1.76. The molecule has 2 unspecified atom stereocenters. The predicted octanol–water partition coefficient (Wildman–Crippen LogP) is 7.16. The molecule has 0 heterocycles. The van der Waals surface area contributed by atoms with E-state index in [1.165, 1.54) is 17.6 Å². The van der Waals surface area contributed by atoms with Gasteiger partial charge in [-0.1, -0.05) is 68.7 Å². The van der Waals surface area contributed by atoms with E-state index < -0.39 is 0 Å². The first-order valence-electron chi connectivity index (χ1n) is 12.0. The van der Waals surface area contributed by atoms with Crippen molar-refractivity contribution in [3.8, 4) is 12.3 Å². The number of aliphatic imine (C=N–C) groups is 1. The molecule has 2 aliphatic carbocycles. The maximum atomic E-state index is 6.19. The summed E-state index contributed by atoms with van der Waals surface area (Å²) in [5.74, 6) is 4.22. The molecule has 0 radical (unpaired) electrons. The van der Waals surface area contributed by atoms with Crippen molar-refractivity contribution >= 4 is 18.5 Å². The van der Waals surface area contributed by atoms with E-state index in [0.717, 1.165) is 35.5 Å². The molecule has 0 aromatic carbocycles. The summed E-state index contributed by atoms with van der Waals surface area (Å²) in [6, 6.07) is 0.208. The van der Waals surface area contributed by atoms with Crippen LogP contribution in [0.5, 0.6) is 0 Å². The Kier molecular flexibility index (Phi) is 14.5. The van der Waals surface area contributed by atoms with Crippen LogP contribution in [-0.2, 0) is 4.74 Å². The lowest BCUT2D eigenvalue weighted by Gasteiger charge is -2.19. The Bertz CT molecular complexity index is 824. The van der Waals surface area contributed by atoms with Crippen LogP contribution in [-0.4, -0.2) is 30.7 Å². The molecular formula is C29H42N2OS. The topological polar surface area (TPSA) is 47.6 Å². The van der Waals surface area contributed by atoms with Crippen molar-refractivity contribution in [2.45, 2.75) is 78.6 Å². The lowest BCUT2D eigenvalue weighted by molar-refractivity contribution is 0.0573. The Labute approximate surface area is 206 Å². The first kappa shape index (κ1) is 29.0. The molecule has 0 amide bonds. The molecule has 3 atom stereocenters. The van der Waals surface area contributed by atoms with Gasteiger partial charge < -0.3 is 10.5 Å². The number of thioether (sulfide) groups is 1. The van der Waals surface area contributed by atoms with E-state index >= 15 is 0 Å². The van der Waals surface area contributed by atoms with Crippen LogP contribution in [0.25, 0.3) is 0 Å². The fourth-order valence-corrected chi connectivity index (χ4v) is 4.63. The molecule has 1 saturated carbocycles. The van der Waals surface area contributed by atoms with E-state index in [1.807, 2.05) is 33.9 Å². The van der Waals surface area contributed by atoms with Crippen molar-refractivity contribution in [1.82, 2.24) is 0 Å². The zero-order valence-corrected chi connectivity index (χ0v) is 21.9. The first-order chi connectivity index (χ1) is 15.9. The number of terminal acetylenes is 1. The van der Waals surface area contributed by atoms with Crippen LogP contribution in [0.1, 0.15) is 60.3 Å². The van der Waals surface area contributed by atoms with Crippen molar-refractivity contribution in [2.75, 3.05) is 5.75 Å². The predicted molar refractivity (Wildman–Crippen MR) is 148 cm³/mol. The Hall–Kier alpha value is -2.06. The highest BCUT2D eigenvalue weighted by molar-refractivity contribution is 8.03. The highest BCUT2D eigenvalue weighted by Gasteiger charge is 2.23. The van der Waals surface area contributed by atoms with Gasteiger partial charge in [0.15, 0.2) is 0 Å². The Balaban J connectivity index is 0.00000265. The summed E-state index contributed by atoms with van der Waals surface area (Å²) < 4.78 is 5.98. The highest BCUT2D eigenvalue weighted by Crippen LogP contribution is 2.30. The molecule has 2 aliphatic rings. The van der Waals surface area contributed by atoms with Crippen LogP contribution in [0.4, 0.5) is 0 Å². The fourth-order valence-electron chi connectivity index (χ4n) is 3.71. The van der Waals surface area contributed by atoms with E-state index in [9.17, 15) is 0 Å². The number of hydrogen-bond donors (Lipinski definition) is 1. The van der Waals surface area contributed by atoms with E-state index in [-0.39, 0.29) is 18.2 Å². The number of rotatable bonds is 9. The minimum atomic E-state index is -0.163. The van der Waals surface area contributed by atoms with E-state index in [0.29, 0.717) is 5.92 Å². The van der Waals surface area contributed by atoms with Crippen molar-refractivity contribution in [2.24, 2.45) is 16.6 Å². The number of hydrogen-bond acceptors (Lipinski definition) is 4. The van der Waals surface area contributed by atoms with Crippen LogP contribution in [0.3, 0.4) is 0 Å². The molecular weight excluding hydrogens is 424 g/mol. The molecule has 0 spiro atoms. The number of nitrogens with zero attached hydrogens (tertiary/aromatic N) is 1. The van der Waals surface area contributed by atoms with Crippen LogP contribution < -0.4 is 5.73 Å². The molecule has 2 N–H and O–H groups in total. The average Bonchev–Trinajstić information content (AvgIpc) is 3.11. The summed E-state index contributed by atoms with van der Waals surface area (Å²) in [5, 5.41) is 0. The van der Waals surface area contributed by atoms with E-state index in [2.05, 4.69) is 67.1 Å². The SMILES string of the molecule is C#C/C1=C/C(CS/C(=C\N=C)C/C=C\C=C2/C(C)CC[C@@H]2N)=C\CC=CC1OC(C)C.CC. The van der Waals surface area contributed by atoms with Gasteiger partial charge in [-0.2, -0.15) is 0 Å². The molecule has 0 aliphatic heterocycles. The molecule has 0 aromatic rings. The Morgan fingerprint density at radius 2 is 2.15 bits per heavy atom. The lowest BCUT2D eigenvalue weighted by Crippen LogP contribution is -2.18. The largest absolute Gasteiger partial charge is 0.366 e. The molecule has 0 bridgehead atoms. The van der Waals surface area contributed by atoms with Crippen molar-refractivity contribution in [1.29, 1.82) is 0 Å².